The number of amides is 1. The first-order valence-electron chi connectivity index (χ1n) is 10.9. The van der Waals surface area contributed by atoms with E-state index >= 15 is 0 Å². The summed E-state index contributed by atoms with van der Waals surface area (Å²) in [6, 6.07) is 11.6. The molecule has 2 aromatic carbocycles. The van der Waals surface area contributed by atoms with Crippen LogP contribution in [0.15, 0.2) is 42.5 Å². The van der Waals surface area contributed by atoms with Crippen LogP contribution >= 0.6 is 0 Å². The number of fused-ring (bicyclic) bond motifs is 1. The molecule has 4 rings (SSSR count). The van der Waals surface area contributed by atoms with E-state index in [1.165, 1.54) is 23.8 Å². The van der Waals surface area contributed by atoms with Crippen LogP contribution in [0, 0.1) is 0 Å². The first-order valence-corrected chi connectivity index (χ1v) is 10.9. The summed E-state index contributed by atoms with van der Waals surface area (Å²) in [5.41, 5.74) is 1.32. The summed E-state index contributed by atoms with van der Waals surface area (Å²) in [4.78, 5) is 14.7. The number of alkyl halides is 3. The number of benzene rings is 2. The third kappa shape index (κ3) is 4.22. The van der Waals surface area contributed by atoms with Gasteiger partial charge in [0.15, 0.2) is 17.2 Å². The quantitative estimate of drug-likeness (QED) is 0.482. The minimum absolute atomic E-state index is 0.0684. The molecule has 1 amide bonds. The average molecular weight is 473 g/mol. The van der Waals surface area contributed by atoms with Gasteiger partial charge in [-0.2, -0.15) is 18.3 Å². The van der Waals surface area contributed by atoms with Crippen LogP contribution in [0.4, 0.5) is 18.9 Å². The van der Waals surface area contributed by atoms with Crippen molar-refractivity contribution in [3.05, 3.63) is 65.0 Å². The predicted octanol–water partition coefficient (Wildman–Crippen LogP) is 5.62. The molecule has 1 atom stereocenters. The monoisotopic (exact) mass is 473 g/mol. The first-order chi connectivity index (χ1) is 16.2. The van der Waals surface area contributed by atoms with E-state index in [2.05, 4.69) is 5.10 Å². The van der Waals surface area contributed by atoms with E-state index in [1.807, 2.05) is 6.92 Å². The van der Waals surface area contributed by atoms with Crippen molar-refractivity contribution >= 4 is 11.6 Å². The number of halogens is 3. The number of methoxy groups -OCH3 is 2. The van der Waals surface area contributed by atoms with Crippen LogP contribution in [-0.4, -0.2) is 37.0 Å². The Balaban J connectivity index is 1.72. The lowest BCUT2D eigenvalue weighted by atomic mass is 9.87. The molecule has 1 heterocycles. The zero-order valence-electron chi connectivity index (χ0n) is 19.4. The van der Waals surface area contributed by atoms with Gasteiger partial charge in [0.1, 0.15) is 0 Å². The summed E-state index contributed by atoms with van der Waals surface area (Å²) in [5, 5.41) is 3.97. The van der Waals surface area contributed by atoms with Crippen LogP contribution in [0.5, 0.6) is 11.5 Å². The van der Waals surface area contributed by atoms with Crippen LogP contribution in [-0.2, 0) is 12.6 Å². The number of hydrogen-bond acceptors (Lipinski definition) is 4. The summed E-state index contributed by atoms with van der Waals surface area (Å²) in [6.07, 6.45) is -2.71. The standard InChI is InChI=1S/C25H26F3N3O3/c1-15-7-5-10-19-22(15)31(29-23(19)25(26,27)28)18-9-6-8-16(13-18)24(32)30(2)17-11-12-20(33-3)21(14-17)34-4/h6,8-9,11-15H,5,7,10H2,1-4H3. The minimum Gasteiger partial charge on any atom is -0.493 e. The molecule has 34 heavy (non-hydrogen) atoms. The Morgan fingerprint density at radius 2 is 1.85 bits per heavy atom. The lowest BCUT2D eigenvalue weighted by molar-refractivity contribution is -0.142. The molecule has 0 bridgehead atoms. The molecular formula is C25H26F3N3O3. The van der Waals surface area contributed by atoms with Crippen molar-refractivity contribution in [2.24, 2.45) is 0 Å². The molecule has 0 spiro atoms. The lowest BCUT2D eigenvalue weighted by Crippen LogP contribution is -2.26. The van der Waals surface area contributed by atoms with E-state index < -0.39 is 11.9 Å². The number of anilines is 1. The number of hydrogen-bond donors (Lipinski definition) is 0. The molecular weight excluding hydrogens is 447 g/mol. The van der Waals surface area contributed by atoms with Gasteiger partial charge in [-0.05, 0) is 55.5 Å². The number of nitrogens with zero attached hydrogens (tertiary/aromatic N) is 3. The van der Waals surface area contributed by atoms with Crippen molar-refractivity contribution in [3.63, 3.8) is 0 Å². The SMILES string of the molecule is COc1ccc(N(C)C(=O)c2cccc(-n3nc(C(F)(F)F)c4c3C(C)CCC4)c2)cc1OC. The van der Waals surface area contributed by atoms with Crippen LogP contribution < -0.4 is 14.4 Å². The number of rotatable bonds is 5. The number of aromatic nitrogens is 2. The first kappa shape index (κ1) is 23.7. The topological polar surface area (TPSA) is 56.6 Å². The van der Waals surface area contributed by atoms with E-state index in [-0.39, 0.29) is 17.4 Å². The van der Waals surface area contributed by atoms with Gasteiger partial charge in [0, 0.05) is 29.9 Å². The molecule has 1 aliphatic rings. The molecule has 9 heteroatoms. The van der Waals surface area contributed by atoms with Crippen LogP contribution in [0.25, 0.3) is 5.69 Å². The fraction of sp³-hybridized carbons (Fsp3) is 0.360. The van der Waals surface area contributed by atoms with Crippen LogP contribution in [0.3, 0.4) is 0 Å². The highest BCUT2D eigenvalue weighted by Gasteiger charge is 2.41. The Hall–Kier alpha value is -3.49. The zero-order chi connectivity index (χ0) is 24.6. The Kier molecular flexibility index (Phi) is 6.29. The zero-order valence-corrected chi connectivity index (χ0v) is 19.4. The Morgan fingerprint density at radius 3 is 2.53 bits per heavy atom. The summed E-state index contributed by atoms with van der Waals surface area (Å²) in [6.45, 7) is 1.91. The van der Waals surface area contributed by atoms with E-state index in [1.54, 1.807) is 49.5 Å². The normalized spacial score (nSPS) is 15.6. The Bertz CT molecular complexity index is 1220. The largest absolute Gasteiger partial charge is 0.493 e. The third-order valence-corrected chi connectivity index (χ3v) is 6.22. The molecule has 0 fully saturated rings. The lowest BCUT2D eigenvalue weighted by Gasteiger charge is -2.22. The van der Waals surface area contributed by atoms with Gasteiger partial charge in [-0.25, -0.2) is 4.68 Å². The van der Waals surface area contributed by atoms with Gasteiger partial charge in [0.25, 0.3) is 5.91 Å². The second kappa shape index (κ2) is 9.04. The highest BCUT2D eigenvalue weighted by molar-refractivity contribution is 6.06. The molecule has 0 saturated heterocycles. The molecule has 0 saturated carbocycles. The van der Waals surface area contributed by atoms with Crippen LogP contribution in [0.1, 0.15) is 53.0 Å². The highest BCUT2D eigenvalue weighted by atomic mass is 19.4. The van der Waals surface area contributed by atoms with Gasteiger partial charge in [-0.15, -0.1) is 0 Å². The Morgan fingerprint density at radius 1 is 1.12 bits per heavy atom. The summed E-state index contributed by atoms with van der Waals surface area (Å²) >= 11 is 0. The van der Waals surface area contributed by atoms with Gasteiger partial charge in [-0.3, -0.25) is 4.79 Å². The highest BCUT2D eigenvalue weighted by Crippen LogP contribution is 2.41. The number of carbonyl (C=O) groups is 1. The average Bonchev–Trinajstić information content (AvgIpc) is 3.24. The van der Waals surface area contributed by atoms with E-state index in [9.17, 15) is 18.0 Å². The fourth-order valence-corrected chi connectivity index (χ4v) is 4.48. The smallest absolute Gasteiger partial charge is 0.435 e. The molecule has 1 aromatic heterocycles. The maximum absolute atomic E-state index is 13.7. The van der Waals surface area contributed by atoms with Crippen molar-refractivity contribution in [1.82, 2.24) is 9.78 Å². The van der Waals surface area contributed by atoms with Crippen molar-refractivity contribution in [3.8, 4) is 17.2 Å². The van der Waals surface area contributed by atoms with Gasteiger partial charge >= 0.3 is 6.18 Å². The molecule has 3 aromatic rings. The minimum atomic E-state index is -4.53. The van der Waals surface area contributed by atoms with Gasteiger partial charge in [0.2, 0.25) is 0 Å². The molecule has 0 radical (unpaired) electrons. The molecule has 1 aliphatic carbocycles. The summed E-state index contributed by atoms with van der Waals surface area (Å²) < 4.78 is 53.0. The van der Waals surface area contributed by atoms with Crippen LogP contribution in [0.2, 0.25) is 0 Å². The number of ether oxygens (including phenoxy) is 2. The van der Waals surface area contributed by atoms with E-state index in [0.29, 0.717) is 47.0 Å². The fourth-order valence-electron chi connectivity index (χ4n) is 4.48. The molecule has 6 nitrogen and oxygen atoms in total. The molecule has 0 N–H and O–H groups in total. The molecule has 1 unspecified atom stereocenters. The van der Waals surface area contributed by atoms with E-state index in [0.717, 1.165) is 6.42 Å². The van der Waals surface area contributed by atoms with E-state index in [4.69, 9.17) is 9.47 Å². The van der Waals surface area contributed by atoms with Crippen molar-refractivity contribution < 1.29 is 27.4 Å². The maximum atomic E-state index is 13.7. The summed E-state index contributed by atoms with van der Waals surface area (Å²) in [5.74, 6) is 0.623. The van der Waals surface area contributed by atoms with Crippen molar-refractivity contribution in [2.45, 2.75) is 38.3 Å². The predicted molar refractivity (Wildman–Crippen MR) is 122 cm³/mol. The molecule has 180 valence electrons. The number of carbonyl (C=O) groups excluding carboxylic acids is 1. The van der Waals surface area contributed by atoms with Gasteiger partial charge in [-0.1, -0.05) is 13.0 Å². The summed E-state index contributed by atoms with van der Waals surface area (Å²) in [7, 11) is 4.65. The van der Waals surface area contributed by atoms with Gasteiger partial charge in [0.05, 0.1) is 25.6 Å². The Labute approximate surface area is 195 Å². The van der Waals surface area contributed by atoms with Crippen molar-refractivity contribution in [1.29, 1.82) is 0 Å². The third-order valence-electron chi connectivity index (χ3n) is 6.22. The van der Waals surface area contributed by atoms with Crippen molar-refractivity contribution in [2.75, 3.05) is 26.2 Å². The van der Waals surface area contributed by atoms with Gasteiger partial charge < -0.3 is 14.4 Å². The molecule has 0 aliphatic heterocycles. The second-order valence-corrected chi connectivity index (χ2v) is 8.37. The second-order valence-electron chi connectivity index (χ2n) is 8.37. The maximum Gasteiger partial charge on any atom is 0.435 e.